The van der Waals surface area contributed by atoms with Crippen molar-refractivity contribution < 1.29 is 22.7 Å². The SMILES string of the molecule is COc1cccc(CN(C(=O)CCCN(c2ccc(Cl)cc2)S(C)(=O)=O)[C@H](Cc2ccccc2)C(=O)NC2CCCCC2)c1. The van der Waals surface area contributed by atoms with Crippen molar-refractivity contribution in [1.82, 2.24) is 10.2 Å². The maximum atomic E-state index is 14.1. The molecule has 0 radical (unpaired) electrons. The van der Waals surface area contributed by atoms with Crippen molar-refractivity contribution in [2.75, 3.05) is 24.2 Å². The summed E-state index contributed by atoms with van der Waals surface area (Å²) in [5.41, 5.74) is 2.26. The van der Waals surface area contributed by atoms with Crippen LogP contribution in [0.3, 0.4) is 0 Å². The van der Waals surface area contributed by atoms with Gasteiger partial charge in [-0.2, -0.15) is 0 Å². The van der Waals surface area contributed by atoms with E-state index >= 15 is 0 Å². The Labute approximate surface area is 266 Å². The van der Waals surface area contributed by atoms with Crippen molar-refractivity contribution in [3.63, 3.8) is 0 Å². The summed E-state index contributed by atoms with van der Waals surface area (Å²) in [6, 6.07) is 23.1. The normalized spacial score (nSPS) is 14.4. The number of anilines is 1. The molecule has 3 aromatic rings. The smallest absolute Gasteiger partial charge is 0.243 e. The molecule has 1 aliphatic rings. The maximum Gasteiger partial charge on any atom is 0.243 e. The molecule has 4 rings (SSSR count). The van der Waals surface area contributed by atoms with E-state index in [0.29, 0.717) is 22.9 Å². The number of carbonyl (C=O) groups excluding carboxylic acids is 2. The van der Waals surface area contributed by atoms with Gasteiger partial charge < -0.3 is 15.0 Å². The minimum Gasteiger partial charge on any atom is -0.497 e. The van der Waals surface area contributed by atoms with Crippen molar-refractivity contribution in [2.45, 2.75) is 70.0 Å². The van der Waals surface area contributed by atoms with Crippen molar-refractivity contribution in [1.29, 1.82) is 0 Å². The Balaban J connectivity index is 1.60. The topological polar surface area (TPSA) is 96.0 Å². The quantitative estimate of drug-likeness (QED) is 0.234. The number of benzene rings is 3. The van der Waals surface area contributed by atoms with Crippen LogP contribution in [0.5, 0.6) is 5.75 Å². The molecule has 1 atom stereocenters. The molecule has 1 saturated carbocycles. The highest BCUT2D eigenvalue weighted by Gasteiger charge is 2.32. The average molecular weight is 640 g/mol. The number of nitrogens with one attached hydrogen (secondary N) is 1. The molecule has 1 aliphatic carbocycles. The number of sulfonamides is 1. The van der Waals surface area contributed by atoms with Crippen LogP contribution in [0.2, 0.25) is 5.02 Å². The van der Waals surface area contributed by atoms with Crippen LogP contribution in [0.4, 0.5) is 5.69 Å². The molecule has 0 unspecified atom stereocenters. The van der Waals surface area contributed by atoms with Gasteiger partial charge in [0.2, 0.25) is 21.8 Å². The fourth-order valence-corrected chi connectivity index (χ4v) is 6.77. The number of methoxy groups -OCH3 is 1. The summed E-state index contributed by atoms with van der Waals surface area (Å²) in [5.74, 6) is 0.265. The van der Waals surface area contributed by atoms with Gasteiger partial charge in [0.15, 0.2) is 0 Å². The van der Waals surface area contributed by atoms with Gasteiger partial charge in [0.25, 0.3) is 0 Å². The van der Waals surface area contributed by atoms with Crippen LogP contribution >= 0.6 is 11.6 Å². The number of hydrogen-bond acceptors (Lipinski definition) is 5. The molecule has 1 fully saturated rings. The largest absolute Gasteiger partial charge is 0.497 e. The van der Waals surface area contributed by atoms with Crippen LogP contribution in [0.25, 0.3) is 0 Å². The number of ether oxygens (including phenoxy) is 1. The van der Waals surface area contributed by atoms with Crippen molar-refractivity contribution >= 4 is 39.1 Å². The first kappa shape index (κ1) is 33.3. The van der Waals surface area contributed by atoms with E-state index in [1.807, 2.05) is 54.6 Å². The van der Waals surface area contributed by atoms with E-state index < -0.39 is 16.1 Å². The first-order valence-electron chi connectivity index (χ1n) is 15.1. The van der Waals surface area contributed by atoms with Gasteiger partial charge in [-0.1, -0.05) is 73.3 Å². The number of carbonyl (C=O) groups is 2. The van der Waals surface area contributed by atoms with E-state index in [1.54, 1.807) is 36.3 Å². The Bertz CT molecular complexity index is 1480. The lowest BCUT2D eigenvalue weighted by molar-refractivity contribution is -0.141. The van der Waals surface area contributed by atoms with Gasteiger partial charge in [0.05, 0.1) is 19.1 Å². The van der Waals surface area contributed by atoms with Crippen LogP contribution in [0.15, 0.2) is 78.9 Å². The number of amides is 2. The van der Waals surface area contributed by atoms with Crippen LogP contribution in [0.1, 0.15) is 56.1 Å². The number of rotatable bonds is 14. The van der Waals surface area contributed by atoms with Gasteiger partial charge in [0, 0.05) is 37.0 Å². The molecule has 0 spiro atoms. The van der Waals surface area contributed by atoms with Crippen LogP contribution < -0.4 is 14.4 Å². The molecular weight excluding hydrogens is 598 g/mol. The van der Waals surface area contributed by atoms with Gasteiger partial charge in [-0.3, -0.25) is 13.9 Å². The zero-order valence-electron chi connectivity index (χ0n) is 25.5. The summed E-state index contributed by atoms with van der Waals surface area (Å²) < 4.78 is 32.0. The Morgan fingerprint density at radius 1 is 0.955 bits per heavy atom. The zero-order valence-corrected chi connectivity index (χ0v) is 27.0. The number of nitrogens with zero attached hydrogens (tertiary/aromatic N) is 2. The summed E-state index contributed by atoms with van der Waals surface area (Å²) in [6.45, 7) is 0.315. The fourth-order valence-electron chi connectivity index (χ4n) is 5.68. The Morgan fingerprint density at radius 3 is 2.30 bits per heavy atom. The van der Waals surface area contributed by atoms with Crippen LogP contribution in [-0.2, 0) is 32.6 Å². The molecule has 2 amide bonds. The van der Waals surface area contributed by atoms with Gasteiger partial charge in [-0.05, 0) is 66.8 Å². The van der Waals surface area contributed by atoms with Crippen LogP contribution in [-0.4, -0.2) is 57.1 Å². The maximum absolute atomic E-state index is 14.1. The van der Waals surface area contributed by atoms with E-state index in [-0.39, 0.29) is 43.8 Å². The fraction of sp³-hybridized carbons (Fsp3) is 0.412. The van der Waals surface area contributed by atoms with E-state index in [0.717, 1.165) is 43.1 Å². The monoisotopic (exact) mass is 639 g/mol. The average Bonchev–Trinajstić information content (AvgIpc) is 3.02. The molecule has 0 aliphatic heterocycles. The highest BCUT2D eigenvalue weighted by atomic mass is 35.5. The second-order valence-corrected chi connectivity index (χ2v) is 13.7. The second kappa shape index (κ2) is 16.0. The highest BCUT2D eigenvalue weighted by Crippen LogP contribution is 2.24. The minimum absolute atomic E-state index is 0.0611. The van der Waals surface area contributed by atoms with Crippen LogP contribution in [0, 0.1) is 0 Å². The molecule has 10 heteroatoms. The van der Waals surface area contributed by atoms with Gasteiger partial charge >= 0.3 is 0 Å². The van der Waals surface area contributed by atoms with Crippen molar-refractivity contribution in [3.05, 3.63) is 95.0 Å². The van der Waals surface area contributed by atoms with Gasteiger partial charge in [0.1, 0.15) is 11.8 Å². The predicted octanol–water partition coefficient (Wildman–Crippen LogP) is 5.98. The second-order valence-electron chi connectivity index (χ2n) is 11.3. The first-order valence-corrected chi connectivity index (χ1v) is 17.4. The molecule has 8 nitrogen and oxygen atoms in total. The van der Waals surface area contributed by atoms with Gasteiger partial charge in [-0.25, -0.2) is 8.42 Å². The summed E-state index contributed by atoms with van der Waals surface area (Å²) in [7, 11) is -2.02. The van der Waals surface area contributed by atoms with Crippen molar-refractivity contribution in [2.24, 2.45) is 0 Å². The summed E-state index contributed by atoms with van der Waals surface area (Å²) in [5, 5.41) is 3.75. The minimum atomic E-state index is -3.60. The number of hydrogen-bond donors (Lipinski definition) is 1. The Morgan fingerprint density at radius 2 is 1.64 bits per heavy atom. The summed E-state index contributed by atoms with van der Waals surface area (Å²) in [4.78, 5) is 29.7. The third-order valence-electron chi connectivity index (χ3n) is 7.98. The third kappa shape index (κ3) is 9.72. The zero-order chi connectivity index (χ0) is 31.5. The third-order valence-corrected chi connectivity index (χ3v) is 9.42. The molecule has 236 valence electrons. The van der Waals surface area contributed by atoms with E-state index in [9.17, 15) is 18.0 Å². The lowest BCUT2D eigenvalue weighted by Crippen LogP contribution is -2.52. The Kier molecular flexibility index (Phi) is 12.1. The van der Waals surface area contributed by atoms with E-state index in [1.165, 1.54) is 10.7 Å². The molecule has 44 heavy (non-hydrogen) atoms. The molecule has 0 aromatic heterocycles. The van der Waals surface area contributed by atoms with E-state index in [4.69, 9.17) is 16.3 Å². The lowest BCUT2D eigenvalue weighted by atomic mass is 9.94. The van der Waals surface area contributed by atoms with E-state index in [2.05, 4.69) is 5.32 Å². The summed E-state index contributed by atoms with van der Waals surface area (Å²) in [6.07, 6.45) is 7.01. The first-order chi connectivity index (χ1) is 21.1. The highest BCUT2D eigenvalue weighted by molar-refractivity contribution is 7.92. The predicted molar refractivity (Wildman–Crippen MR) is 175 cm³/mol. The standard InChI is InChI=1S/C34H42ClN3O5S/c1-43-31-16-9-13-27(23-31)25-37(33(39)17-10-22-38(44(2,41)42)30-20-18-28(35)19-21-30)32(24-26-11-5-3-6-12-26)34(40)36-29-14-7-4-8-15-29/h3,5-6,9,11-13,16,18-21,23,29,32H,4,7-8,10,14-15,17,22,24-25H2,1-2H3,(H,36,40)/t32-/m1/s1. The molecule has 0 bridgehead atoms. The van der Waals surface area contributed by atoms with Crippen molar-refractivity contribution in [3.8, 4) is 5.75 Å². The molecule has 3 aromatic carbocycles. The summed E-state index contributed by atoms with van der Waals surface area (Å²) >= 11 is 6.01. The molecule has 1 N–H and O–H groups in total. The number of halogens is 1. The molecular formula is C34H42ClN3O5S. The lowest BCUT2D eigenvalue weighted by Gasteiger charge is -2.34. The molecule has 0 saturated heterocycles. The van der Waals surface area contributed by atoms with Gasteiger partial charge in [-0.15, -0.1) is 0 Å². The Hall–Kier alpha value is -3.56. The molecule has 0 heterocycles.